The fourth-order valence-corrected chi connectivity index (χ4v) is 1.95. The summed E-state index contributed by atoms with van der Waals surface area (Å²) < 4.78 is 5.40. The van der Waals surface area contributed by atoms with Crippen LogP contribution in [0.1, 0.15) is 40.5 Å². The molecule has 0 aromatic carbocycles. The molecule has 0 bridgehead atoms. The lowest BCUT2D eigenvalue weighted by molar-refractivity contribution is 0.00988. The summed E-state index contributed by atoms with van der Waals surface area (Å²) in [5, 5.41) is 0. The van der Waals surface area contributed by atoms with Gasteiger partial charge < -0.3 is 9.64 Å². The Balaban J connectivity index is 2.67. The van der Waals surface area contributed by atoms with Gasteiger partial charge in [0.05, 0.1) is 6.04 Å². The third kappa shape index (κ3) is 3.54. The van der Waals surface area contributed by atoms with Gasteiger partial charge in [-0.2, -0.15) is 0 Å². The first-order valence-electron chi connectivity index (χ1n) is 5.95. The van der Waals surface area contributed by atoms with Crippen LogP contribution in [0, 0.1) is 5.92 Å². The molecule has 2 unspecified atom stereocenters. The highest BCUT2D eigenvalue weighted by Crippen LogP contribution is 2.24. The van der Waals surface area contributed by atoms with Gasteiger partial charge in [-0.1, -0.05) is 13.0 Å². The van der Waals surface area contributed by atoms with E-state index >= 15 is 0 Å². The molecular formula is C13H23NO2. The molecule has 1 aliphatic heterocycles. The average molecular weight is 225 g/mol. The van der Waals surface area contributed by atoms with E-state index in [-0.39, 0.29) is 12.1 Å². The Morgan fingerprint density at radius 3 is 2.56 bits per heavy atom. The van der Waals surface area contributed by atoms with E-state index in [0.717, 1.165) is 19.4 Å². The number of nitrogens with zero attached hydrogens (tertiary/aromatic N) is 1. The van der Waals surface area contributed by atoms with Crippen LogP contribution in [-0.4, -0.2) is 29.2 Å². The topological polar surface area (TPSA) is 29.5 Å². The third-order valence-corrected chi connectivity index (χ3v) is 2.76. The van der Waals surface area contributed by atoms with Crippen LogP contribution in [0.5, 0.6) is 0 Å². The molecule has 1 aliphatic rings. The van der Waals surface area contributed by atoms with Crippen molar-refractivity contribution in [2.24, 2.45) is 5.92 Å². The van der Waals surface area contributed by atoms with E-state index in [9.17, 15) is 4.79 Å². The van der Waals surface area contributed by atoms with Crippen molar-refractivity contribution in [3.05, 3.63) is 12.7 Å². The molecule has 3 nitrogen and oxygen atoms in total. The van der Waals surface area contributed by atoms with E-state index < -0.39 is 5.60 Å². The number of hydrogen-bond acceptors (Lipinski definition) is 2. The zero-order chi connectivity index (χ0) is 12.3. The van der Waals surface area contributed by atoms with Gasteiger partial charge in [-0.15, -0.1) is 6.58 Å². The molecule has 0 radical (unpaired) electrons. The first-order chi connectivity index (χ1) is 7.33. The molecule has 0 spiro atoms. The predicted molar refractivity (Wildman–Crippen MR) is 65.3 cm³/mol. The number of carbonyl (C=O) groups excluding carboxylic acids is 1. The summed E-state index contributed by atoms with van der Waals surface area (Å²) >= 11 is 0. The highest BCUT2D eigenvalue weighted by molar-refractivity contribution is 5.69. The molecule has 0 aliphatic carbocycles. The number of carbonyl (C=O) groups is 1. The van der Waals surface area contributed by atoms with Gasteiger partial charge in [0.15, 0.2) is 0 Å². The summed E-state index contributed by atoms with van der Waals surface area (Å²) in [4.78, 5) is 13.8. The molecule has 1 saturated heterocycles. The highest BCUT2D eigenvalue weighted by Gasteiger charge is 2.31. The fourth-order valence-electron chi connectivity index (χ4n) is 1.95. The lowest BCUT2D eigenvalue weighted by atomic mass is 9.94. The average Bonchev–Trinajstić information content (AvgIpc) is 2.15. The summed E-state index contributed by atoms with van der Waals surface area (Å²) in [6, 6.07) is 0.131. The lowest BCUT2D eigenvalue weighted by Crippen LogP contribution is -2.47. The molecule has 16 heavy (non-hydrogen) atoms. The van der Waals surface area contributed by atoms with Crippen molar-refractivity contribution in [1.29, 1.82) is 0 Å². The van der Waals surface area contributed by atoms with Gasteiger partial charge in [-0.05, 0) is 39.5 Å². The van der Waals surface area contributed by atoms with Crippen molar-refractivity contribution >= 4 is 6.09 Å². The van der Waals surface area contributed by atoms with Gasteiger partial charge in [0.2, 0.25) is 0 Å². The third-order valence-electron chi connectivity index (χ3n) is 2.76. The van der Waals surface area contributed by atoms with Crippen molar-refractivity contribution in [1.82, 2.24) is 4.90 Å². The van der Waals surface area contributed by atoms with Gasteiger partial charge >= 0.3 is 6.09 Å². The SMILES string of the molecule is C=CC1CCC(C)CN1C(=O)OC(C)(C)C. The van der Waals surface area contributed by atoms with E-state index in [1.165, 1.54) is 0 Å². The van der Waals surface area contributed by atoms with Crippen LogP contribution < -0.4 is 0 Å². The number of rotatable bonds is 1. The second-order valence-corrected chi connectivity index (χ2v) is 5.62. The van der Waals surface area contributed by atoms with Gasteiger partial charge in [0.1, 0.15) is 5.60 Å². The van der Waals surface area contributed by atoms with E-state index in [0.29, 0.717) is 5.92 Å². The molecule has 0 saturated carbocycles. The Bertz CT molecular complexity index is 268. The molecule has 2 atom stereocenters. The summed E-state index contributed by atoms with van der Waals surface area (Å²) in [5.74, 6) is 0.545. The molecule has 0 N–H and O–H groups in total. The summed E-state index contributed by atoms with van der Waals surface area (Å²) in [6.07, 6.45) is 3.76. The number of piperidine rings is 1. The van der Waals surface area contributed by atoms with Gasteiger partial charge in [-0.25, -0.2) is 4.79 Å². The molecule has 0 aromatic heterocycles. The van der Waals surface area contributed by atoms with Crippen LogP contribution in [0.25, 0.3) is 0 Å². The number of amides is 1. The van der Waals surface area contributed by atoms with Crippen LogP contribution >= 0.6 is 0 Å². The molecule has 0 aromatic rings. The molecule has 1 amide bonds. The minimum Gasteiger partial charge on any atom is -0.444 e. The Morgan fingerprint density at radius 1 is 1.44 bits per heavy atom. The number of likely N-dealkylation sites (tertiary alicyclic amines) is 1. The fraction of sp³-hybridized carbons (Fsp3) is 0.769. The molecular weight excluding hydrogens is 202 g/mol. The van der Waals surface area contributed by atoms with Gasteiger partial charge in [-0.3, -0.25) is 0 Å². The van der Waals surface area contributed by atoms with Gasteiger partial charge in [0, 0.05) is 6.54 Å². The first-order valence-corrected chi connectivity index (χ1v) is 5.95. The second-order valence-electron chi connectivity index (χ2n) is 5.62. The van der Waals surface area contributed by atoms with E-state index in [2.05, 4.69) is 13.5 Å². The predicted octanol–water partition coefficient (Wildman–Crippen LogP) is 3.21. The standard InChI is InChI=1S/C13H23NO2/c1-6-11-8-7-10(2)9-14(11)12(15)16-13(3,4)5/h6,10-11H,1,7-9H2,2-5H3. The molecule has 1 rings (SSSR count). The Morgan fingerprint density at radius 2 is 2.06 bits per heavy atom. The second kappa shape index (κ2) is 4.89. The van der Waals surface area contributed by atoms with Crippen LogP contribution in [0.3, 0.4) is 0 Å². The van der Waals surface area contributed by atoms with Crippen molar-refractivity contribution in [3.63, 3.8) is 0 Å². The van der Waals surface area contributed by atoms with Crippen LogP contribution in [0.15, 0.2) is 12.7 Å². The molecule has 92 valence electrons. The normalized spacial score (nSPS) is 26.4. The van der Waals surface area contributed by atoms with Crippen LogP contribution in [-0.2, 0) is 4.74 Å². The van der Waals surface area contributed by atoms with Crippen molar-refractivity contribution in [2.75, 3.05) is 6.54 Å². The van der Waals surface area contributed by atoms with Crippen molar-refractivity contribution < 1.29 is 9.53 Å². The zero-order valence-corrected chi connectivity index (χ0v) is 10.8. The Kier molecular flexibility index (Phi) is 4.00. The van der Waals surface area contributed by atoms with Crippen molar-refractivity contribution in [2.45, 2.75) is 52.2 Å². The molecule has 3 heteroatoms. The molecule has 1 heterocycles. The summed E-state index contributed by atoms with van der Waals surface area (Å²) in [7, 11) is 0. The smallest absolute Gasteiger partial charge is 0.410 e. The maximum absolute atomic E-state index is 12.0. The molecule has 1 fully saturated rings. The van der Waals surface area contributed by atoms with E-state index in [4.69, 9.17) is 4.74 Å². The highest BCUT2D eigenvalue weighted by atomic mass is 16.6. The van der Waals surface area contributed by atoms with Crippen LogP contribution in [0.2, 0.25) is 0 Å². The summed E-state index contributed by atoms with van der Waals surface area (Å²) in [6.45, 7) is 12.4. The minimum atomic E-state index is -0.427. The Hall–Kier alpha value is -0.990. The van der Waals surface area contributed by atoms with E-state index in [1.807, 2.05) is 26.8 Å². The van der Waals surface area contributed by atoms with Gasteiger partial charge in [0.25, 0.3) is 0 Å². The zero-order valence-electron chi connectivity index (χ0n) is 10.8. The largest absolute Gasteiger partial charge is 0.444 e. The minimum absolute atomic E-state index is 0.131. The van der Waals surface area contributed by atoms with E-state index in [1.54, 1.807) is 4.90 Å². The number of ether oxygens (including phenoxy) is 1. The monoisotopic (exact) mass is 225 g/mol. The maximum atomic E-state index is 12.0. The Labute approximate surface area is 98.5 Å². The quantitative estimate of drug-likeness (QED) is 0.641. The lowest BCUT2D eigenvalue weighted by Gasteiger charge is -2.37. The maximum Gasteiger partial charge on any atom is 0.410 e. The first kappa shape index (κ1) is 13.1. The van der Waals surface area contributed by atoms with Crippen molar-refractivity contribution in [3.8, 4) is 0 Å². The number of hydrogen-bond donors (Lipinski definition) is 0. The summed E-state index contributed by atoms with van der Waals surface area (Å²) in [5.41, 5.74) is -0.427. The van der Waals surface area contributed by atoms with Crippen LogP contribution in [0.4, 0.5) is 4.79 Å².